The number of nitrogen functional groups attached to an aromatic ring is 2. The number of aliphatic hydroxyl groups excluding tert-OH is 6. The van der Waals surface area contributed by atoms with Crippen LogP contribution in [0.25, 0.3) is 6.08 Å². The molecule has 2 saturated heterocycles. The number of anilines is 2. The Bertz CT molecular complexity index is 1640. The zero-order valence-electron chi connectivity index (χ0n) is 22.1. The largest absolute Gasteiger partial charge is 0.392 e. The Labute approximate surface area is 252 Å². The van der Waals surface area contributed by atoms with Gasteiger partial charge < -0.3 is 51.6 Å². The molecule has 2 fully saturated rings. The van der Waals surface area contributed by atoms with Crippen molar-refractivity contribution in [1.82, 2.24) is 19.1 Å². The van der Waals surface area contributed by atoms with Crippen molar-refractivity contribution < 1.29 is 40.1 Å². The van der Waals surface area contributed by atoms with Crippen molar-refractivity contribution in [3.8, 4) is 37.0 Å². The van der Waals surface area contributed by atoms with Gasteiger partial charge in [0.1, 0.15) is 36.1 Å². The quantitative estimate of drug-likeness (QED) is 0.143. The first-order chi connectivity index (χ1) is 20.3. The number of terminal acetylenes is 3. The van der Waals surface area contributed by atoms with Gasteiger partial charge in [0.05, 0.1) is 18.8 Å². The summed E-state index contributed by atoms with van der Waals surface area (Å²) in [5.41, 5.74) is 6.36. The molecule has 10 N–H and O–H groups in total. The Balaban J connectivity index is 0.000000236. The van der Waals surface area contributed by atoms with Crippen LogP contribution in [0, 0.1) is 37.0 Å². The summed E-state index contributed by atoms with van der Waals surface area (Å²) >= 11 is 3.08. The van der Waals surface area contributed by atoms with Gasteiger partial charge in [-0.1, -0.05) is 33.7 Å². The summed E-state index contributed by atoms with van der Waals surface area (Å²) in [6.07, 6.45) is 10.9. The molecule has 2 aromatic heterocycles. The smallest absolute Gasteiger partial charge is 0.351 e. The SMILES string of the molecule is C#C[C@]1(CO)O[C@@H](n2cc(C=CBr)c(N)nc2=O)[C@@H](O)[C@@H]1O.C#Cc1cn([C@@H]2O[C@](C#C)(CO)[C@@H](O)[C@@H]2O)c(=O)nc1N. The van der Waals surface area contributed by atoms with E-state index in [1.807, 2.05) is 0 Å². The zero-order valence-corrected chi connectivity index (χ0v) is 23.6. The zero-order chi connectivity index (χ0) is 32.3. The summed E-state index contributed by atoms with van der Waals surface area (Å²) in [5.74, 6) is 6.28. The van der Waals surface area contributed by atoms with Gasteiger partial charge in [0.25, 0.3) is 0 Å². The molecule has 0 amide bonds. The van der Waals surface area contributed by atoms with Crippen molar-refractivity contribution >= 4 is 33.6 Å². The summed E-state index contributed by atoms with van der Waals surface area (Å²) in [6.45, 7) is -1.46. The minimum Gasteiger partial charge on any atom is -0.392 e. The van der Waals surface area contributed by atoms with E-state index in [9.17, 15) is 40.2 Å². The Morgan fingerprint density at radius 3 is 1.70 bits per heavy atom. The van der Waals surface area contributed by atoms with Crippen LogP contribution in [0.5, 0.6) is 0 Å². The van der Waals surface area contributed by atoms with Crippen LogP contribution in [-0.4, -0.2) is 98.6 Å². The van der Waals surface area contributed by atoms with Crippen LogP contribution in [0.2, 0.25) is 0 Å². The number of rotatable bonds is 5. The number of hydrogen-bond acceptors (Lipinski definition) is 14. The molecule has 0 unspecified atom stereocenters. The predicted molar refractivity (Wildman–Crippen MR) is 153 cm³/mol. The Morgan fingerprint density at radius 1 is 0.884 bits per heavy atom. The lowest BCUT2D eigenvalue weighted by atomic mass is 9.97. The molecule has 4 heterocycles. The highest BCUT2D eigenvalue weighted by Crippen LogP contribution is 2.37. The van der Waals surface area contributed by atoms with Crippen LogP contribution in [0.15, 0.2) is 27.0 Å². The van der Waals surface area contributed by atoms with Gasteiger partial charge in [-0.15, -0.1) is 19.3 Å². The van der Waals surface area contributed by atoms with Crippen molar-refractivity contribution in [3.05, 3.63) is 49.5 Å². The molecule has 8 atom stereocenters. The van der Waals surface area contributed by atoms with Crippen LogP contribution in [0.4, 0.5) is 11.6 Å². The standard InChI is InChI=1S/C13H14BrN3O5.C13H13N3O5/c1-2-13(6-18)9(20)8(19)11(22-13)17-5-7(3-4-14)10(15)16-12(17)21;1-3-7-5-16(12(20)15-10(7)14)11-8(18)9(19)13(4-2,6-17)21-11/h1,3-5,8-9,11,18-20H,6H2,(H2,15,16,21);1-2,5,8-9,11,17-19H,6H2,(H2,14,15,20)/t2*8-,9-,11+,13+/m00/s1. The van der Waals surface area contributed by atoms with Gasteiger partial charge in [0.2, 0.25) is 0 Å². The lowest BCUT2D eigenvalue weighted by molar-refractivity contribution is -0.0936. The van der Waals surface area contributed by atoms with Crippen molar-refractivity contribution in [2.45, 2.75) is 48.1 Å². The molecule has 4 rings (SSSR count). The van der Waals surface area contributed by atoms with Crippen molar-refractivity contribution in [3.63, 3.8) is 0 Å². The fourth-order valence-corrected chi connectivity index (χ4v) is 4.54. The highest BCUT2D eigenvalue weighted by molar-refractivity contribution is 9.11. The van der Waals surface area contributed by atoms with E-state index in [1.54, 1.807) is 0 Å². The number of aliphatic hydroxyl groups is 6. The van der Waals surface area contributed by atoms with Crippen molar-refractivity contribution in [1.29, 1.82) is 0 Å². The molecule has 0 bridgehead atoms. The van der Waals surface area contributed by atoms with E-state index in [1.165, 1.54) is 17.3 Å². The van der Waals surface area contributed by atoms with Crippen LogP contribution in [0.3, 0.4) is 0 Å². The number of ether oxygens (including phenoxy) is 2. The molecule has 2 aliphatic heterocycles. The molecule has 16 nitrogen and oxygen atoms in total. The second kappa shape index (κ2) is 13.1. The third-order valence-electron chi connectivity index (χ3n) is 6.75. The first kappa shape index (κ1) is 33.4. The van der Waals surface area contributed by atoms with Gasteiger partial charge in [0, 0.05) is 18.0 Å². The second-order valence-electron chi connectivity index (χ2n) is 9.21. The number of nitrogens with zero attached hydrogens (tertiary/aromatic N) is 4. The Morgan fingerprint density at radius 2 is 1.33 bits per heavy atom. The monoisotopic (exact) mass is 662 g/mol. The van der Waals surface area contributed by atoms with Crippen LogP contribution in [-0.2, 0) is 9.47 Å². The van der Waals surface area contributed by atoms with E-state index in [-0.39, 0.29) is 17.2 Å². The molecule has 43 heavy (non-hydrogen) atoms. The van der Waals surface area contributed by atoms with E-state index < -0.39 is 72.7 Å². The lowest BCUT2D eigenvalue weighted by Crippen LogP contribution is -2.45. The van der Waals surface area contributed by atoms with E-state index in [4.69, 9.17) is 40.2 Å². The maximum absolute atomic E-state index is 12.0. The molecule has 2 aliphatic rings. The van der Waals surface area contributed by atoms with Crippen LogP contribution >= 0.6 is 15.9 Å². The predicted octanol–water partition coefficient (Wildman–Crippen LogP) is -3.77. The molecule has 17 heteroatoms. The number of aromatic nitrogens is 4. The number of nitrogens with two attached hydrogens (primary N) is 2. The Kier molecular flexibility index (Phi) is 10.2. The fourth-order valence-electron chi connectivity index (χ4n) is 4.26. The average Bonchev–Trinajstić information content (AvgIpc) is 3.40. The van der Waals surface area contributed by atoms with E-state index in [0.29, 0.717) is 5.56 Å². The third-order valence-corrected chi connectivity index (χ3v) is 7.01. The molecule has 228 valence electrons. The third kappa shape index (κ3) is 5.93. The highest BCUT2D eigenvalue weighted by Gasteiger charge is 2.55. The molecular formula is C26H27BrN6O10. The van der Waals surface area contributed by atoms with E-state index >= 15 is 0 Å². The van der Waals surface area contributed by atoms with Crippen LogP contribution < -0.4 is 22.8 Å². The van der Waals surface area contributed by atoms with E-state index in [0.717, 1.165) is 15.3 Å². The minimum absolute atomic E-state index is 0.00430. The van der Waals surface area contributed by atoms with Crippen LogP contribution in [0.1, 0.15) is 23.6 Å². The Hall–Kier alpha value is -4.06. The van der Waals surface area contributed by atoms with Gasteiger partial charge in [-0.2, -0.15) is 9.97 Å². The summed E-state index contributed by atoms with van der Waals surface area (Å²) in [6, 6.07) is 0. The summed E-state index contributed by atoms with van der Waals surface area (Å²) in [5, 5.41) is 58.7. The molecule has 0 spiro atoms. The first-order valence-corrected chi connectivity index (χ1v) is 13.0. The summed E-state index contributed by atoms with van der Waals surface area (Å²) < 4.78 is 12.5. The summed E-state index contributed by atoms with van der Waals surface area (Å²) in [7, 11) is 0. The second-order valence-corrected chi connectivity index (χ2v) is 9.74. The normalized spacial score (nSPS) is 31.5. The van der Waals surface area contributed by atoms with Gasteiger partial charge in [0.15, 0.2) is 23.7 Å². The van der Waals surface area contributed by atoms with E-state index in [2.05, 4.69) is 43.7 Å². The molecule has 2 aromatic rings. The number of hydrogen-bond donors (Lipinski definition) is 8. The molecule has 0 saturated carbocycles. The molecule has 0 radical (unpaired) electrons. The maximum Gasteiger partial charge on any atom is 0.351 e. The molecular weight excluding hydrogens is 636 g/mol. The van der Waals surface area contributed by atoms with Crippen molar-refractivity contribution in [2.24, 2.45) is 0 Å². The summed E-state index contributed by atoms with van der Waals surface area (Å²) in [4.78, 5) is 32.5. The topological polar surface area (TPSA) is 262 Å². The van der Waals surface area contributed by atoms with Gasteiger partial charge in [-0.3, -0.25) is 9.13 Å². The molecule has 0 aliphatic carbocycles. The van der Waals surface area contributed by atoms with Gasteiger partial charge >= 0.3 is 11.4 Å². The minimum atomic E-state index is -1.82. The number of halogens is 1. The average molecular weight is 663 g/mol. The van der Waals surface area contributed by atoms with Gasteiger partial charge in [-0.25, -0.2) is 9.59 Å². The first-order valence-electron chi connectivity index (χ1n) is 12.1. The fraction of sp³-hybridized carbons (Fsp3) is 0.385. The highest BCUT2D eigenvalue weighted by atomic mass is 79.9. The van der Waals surface area contributed by atoms with Gasteiger partial charge in [-0.05, 0) is 11.1 Å². The molecule has 0 aromatic carbocycles. The lowest BCUT2D eigenvalue weighted by Gasteiger charge is -2.23. The maximum atomic E-state index is 12.0. The van der Waals surface area contributed by atoms with Crippen molar-refractivity contribution in [2.75, 3.05) is 24.7 Å².